The highest BCUT2D eigenvalue weighted by atomic mass is 15.2. The van der Waals surface area contributed by atoms with Crippen LogP contribution in [0.1, 0.15) is 53.9 Å². The lowest BCUT2D eigenvalue weighted by Crippen LogP contribution is -2.47. The second-order valence-electron chi connectivity index (χ2n) is 6.86. The minimum Gasteiger partial charge on any atom is -0.327 e. The molecule has 2 atom stereocenters. The van der Waals surface area contributed by atoms with Gasteiger partial charge in [0.1, 0.15) is 0 Å². The summed E-state index contributed by atoms with van der Waals surface area (Å²) in [5, 5.41) is 0. The Bertz CT molecular complexity index is 233. The smallest absolute Gasteiger partial charge is 0.0147 e. The van der Waals surface area contributed by atoms with E-state index < -0.39 is 0 Å². The Morgan fingerprint density at radius 3 is 2.31 bits per heavy atom. The van der Waals surface area contributed by atoms with Gasteiger partial charge < -0.3 is 10.6 Å². The van der Waals surface area contributed by atoms with Crippen molar-refractivity contribution in [3.05, 3.63) is 0 Å². The minimum absolute atomic E-state index is 0.298. The van der Waals surface area contributed by atoms with Crippen molar-refractivity contribution in [2.45, 2.75) is 65.5 Å². The lowest BCUT2D eigenvalue weighted by molar-refractivity contribution is 0.119. The quantitative estimate of drug-likeness (QED) is 0.798. The Morgan fingerprint density at radius 2 is 1.94 bits per heavy atom. The molecule has 1 aliphatic carbocycles. The van der Waals surface area contributed by atoms with Crippen LogP contribution in [0, 0.1) is 11.3 Å². The van der Waals surface area contributed by atoms with Crippen LogP contribution in [0.4, 0.5) is 0 Å². The molecule has 0 spiro atoms. The standard InChI is InChI=1S/C14H30N2/c1-7-14(4,5)16(6)10-11-8-9-13(2,3)12(11)15/h11-12H,7-10,15H2,1-6H3. The summed E-state index contributed by atoms with van der Waals surface area (Å²) < 4.78 is 0. The lowest BCUT2D eigenvalue weighted by Gasteiger charge is -2.38. The first-order valence-corrected chi connectivity index (χ1v) is 6.67. The van der Waals surface area contributed by atoms with E-state index in [1.54, 1.807) is 0 Å². The summed E-state index contributed by atoms with van der Waals surface area (Å²) in [4.78, 5) is 2.49. The Hall–Kier alpha value is -0.0800. The summed E-state index contributed by atoms with van der Waals surface area (Å²) in [6, 6.07) is 0.364. The molecule has 0 aromatic carbocycles. The second kappa shape index (κ2) is 4.66. The number of hydrogen-bond acceptors (Lipinski definition) is 2. The number of rotatable bonds is 4. The average Bonchev–Trinajstić information content (AvgIpc) is 2.45. The molecular weight excluding hydrogens is 196 g/mol. The lowest BCUT2D eigenvalue weighted by atomic mass is 9.85. The van der Waals surface area contributed by atoms with Gasteiger partial charge in [-0.05, 0) is 51.5 Å². The molecule has 2 unspecified atom stereocenters. The first-order chi connectivity index (χ1) is 7.20. The zero-order valence-electron chi connectivity index (χ0n) is 12.0. The molecular formula is C14H30N2. The van der Waals surface area contributed by atoms with Crippen LogP contribution in [0.3, 0.4) is 0 Å². The maximum atomic E-state index is 6.36. The summed E-state index contributed by atoms with van der Waals surface area (Å²) in [6.07, 6.45) is 3.76. The van der Waals surface area contributed by atoms with Crippen molar-refractivity contribution in [2.24, 2.45) is 17.1 Å². The fourth-order valence-electron chi connectivity index (χ4n) is 2.62. The van der Waals surface area contributed by atoms with E-state index in [0.717, 1.165) is 6.54 Å². The van der Waals surface area contributed by atoms with E-state index in [-0.39, 0.29) is 0 Å². The van der Waals surface area contributed by atoms with Crippen molar-refractivity contribution in [2.75, 3.05) is 13.6 Å². The van der Waals surface area contributed by atoms with Crippen molar-refractivity contribution in [1.82, 2.24) is 4.90 Å². The maximum Gasteiger partial charge on any atom is 0.0147 e. The Morgan fingerprint density at radius 1 is 1.38 bits per heavy atom. The van der Waals surface area contributed by atoms with Crippen LogP contribution >= 0.6 is 0 Å². The van der Waals surface area contributed by atoms with E-state index in [1.165, 1.54) is 19.3 Å². The first kappa shape index (κ1) is 14.0. The first-order valence-electron chi connectivity index (χ1n) is 6.67. The zero-order valence-corrected chi connectivity index (χ0v) is 12.0. The highest BCUT2D eigenvalue weighted by Gasteiger charge is 2.40. The molecule has 2 N–H and O–H groups in total. The molecule has 0 radical (unpaired) electrons. The summed E-state index contributed by atoms with van der Waals surface area (Å²) >= 11 is 0. The molecule has 0 aromatic rings. The van der Waals surface area contributed by atoms with Gasteiger partial charge in [0.05, 0.1) is 0 Å². The summed E-state index contributed by atoms with van der Waals surface area (Å²) in [5.41, 5.74) is 7.00. The molecule has 0 aromatic heterocycles. The molecule has 0 heterocycles. The number of hydrogen-bond donors (Lipinski definition) is 1. The van der Waals surface area contributed by atoms with Crippen LogP contribution in [0.25, 0.3) is 0 Å². The van der Waals surface area contributed by atoms with Crippen molar-refractivity contribution >= 4 is 0 Å². The van der Waals surface area contributed by atoms with E-state index in [2.05, 4.69) is 46.6 Å². The van der Waals surface area contributed by atoms with E-state index in [4.69, 9.17) is 5.73 Å². The number of nitrogens with two attached hydrogens (primary N) is 1. The van der Waals surface area contributed by atoms with Gasteiger partial charge >= 0.3 is 0 Å². The number of nitrogens with zero attached hydrogens (tertiary/aromatic N) is 1. The summed E-state index contributed by atoms with van der Waals surface area (Å²) in [7, 11) is 2.24. The maximum absolute atomic E-state index is 6.36. The fourth-order valence-corrected chi connectivity index (χ4v) is 2.62. The highest BCUT2D eigenvalue weighted by molar-refractivity contribution is 4.96. The molecule has 16 heavy (non-hydrogen) atoms. The van der Waals surface area contributed by atoms with E-state index in [0.29, 0.717) is 22.9 Å². The third-order valence-corrected chi connectivity index (χ3v) is 4.98. The van der Waals surface area contributed by atoms with E-state index >= 15 is 0 Å². The fraction of sp³-hybridized carbons (Fsp3) is 1.00. The van der Waals surface area contributed by atoms with Crippen LogP contribution in [0.2, 0.25) is 0 Å². The second-order valence-corrected chi connectivity index (χ2v) is 6.86. The third-order valence-electron chi connectivity index (χ3n) is 4.98. The van der Waals surface area contributed by atoms with Gasteiger partial charge in [0, 0.05) is 18.1 Å². The van der Waals surface area contributed by atoms with E-state index in [1.807, 2.05) is 0 Å². The minimum atomic E-state index is 0.298. The van der Waals surface area contributed by atoms with Gasteiger partial charge in [-0.15, -0.1) is 0 Å². The molecule has 0 amide bonds. The molecule has 1 rings (SSSR count). The summed E-state index contributed by atoms with van der Waals surface area (Å²) in [6.45, 7) is 12.7. The van der Waals surface area contributed by atoms with Crippen molar-refractivity contribution in [3.8, 4) is 0 Å². The van der Waals surface area contributed by atoms with Crippen molar-refractivity contribution in [1.29, 1.82) is 0 Å². The topological polar surface area (TPSA) is 29.3 Å². The van der Waals surface area contributed by atoms with Gasteiger partial charge in [-0.3, -0.25) is 0 Å². The largest absolute Gasteiger partial charge is 0.327 e. The van der Waals surface area contributed by atoms with Crippen LogP contribution < -0.4 is 5.73 Å². The molecule has 2 nitrogen and oxygen atoms in total. The average molecular weight is 226 g/mol. The molecule has 0 aliphatic heterocycles. The summed E-state index contributed by atoms with van der Waals surface area (Å²) in [5.74, 6) is 0.672. The molecule has 1 fully saturated rings. The zero-order chi connectivity index (χ0) is 12.6. The molecule has 1 aliphatic rings. The van der Waals surface area contributed by atoms with Crippen LogP contribution in [-0.4, -0.2) is 30.1 Å². The predicted molar refractivity (Wildman–Crippen MR) is 71.5 cm³/mol. The Labute approximate surface area is 102 Å². The predicted octanol–water partition coefficient (Wildman–Crippen LogP) is 2.87. The molecule has 2 heteroatoms. The van der Waals surface area contributed by atoms with Crippen molar-refractivity contribution < 1.29 is 0 Å². The highest BCUT2D eigenvalue weighted by Crippen LogP contribution is 2.40. The Kier molecular flexibility index (Phi) is 4.07. The van der Waals surface area contributed by atoms with E-state index in [9.17, 15) is 0 Å². The van der Waals surface area contributed by atoms with Crippen LogP contribution in [0.5, 0.6) is 0 Å². The van der Waals surface area contributed by atoms with Gasteiger partial charge in [-0.25, -0.2) is 0 Å². The molecule has 1 saturated carbocycles. The van der Waals surface area contributed by atoms with Crippen LogP contribution in [-0.2, 0) is 0 Å². The van der Waals surface area contributed by atoms with Gasteiger partial charge in [-0.1, -0.05) is 20.8 Å². The molecule has 0 saturated heterocycles. The van der Waals surface area contributed by atoms with Gasteiger partial charge in [0.25, 0.3) is 0 Å². The Balaban J connectivity index is 2.57. The van der Waals surface area contributed by atoms with Crippen molar-refractivity contribution in [3.63, 3.8) is 0 Å². The normalized spacial score (nSPS) is 30.0. The van der Waals surface area contributed by atoms with Gasteiger partial charge in [0.2, 0.25) is 0 Å². The SMILES string of the molecule is CCC(C)(C)N(C)CC1CCC(C)(C)C1N. The van der Waals surface area contributed by atoms with Gasteiger partial charge in [0.15, 0.2) is 0 Å². The molecule has 0 bridgehead atoms. The van der Waals surface area contributed by atoms with Gasteiger partial charge in [-0.2, -0.15) is 0 Å². The van der Waals surface area contributed by atoms with Crippen LogP contribution in [0.15, 0.2) is 0 Å². The molecule has 96 valence electrons. The monoisotopic (exact) mass is 226 g/mol. The third kappa shape index (κ3) is 2.78.